The standard InChI is InChI=1S/C15H14N2OS3/c16-14(19)9-1-3-11(4-2-9)17-15(18)13-7-10-8-20-6-5-12(10)21-13/h1-4,7H,5-6,8H2,(H2,16,19)(H,17,18). The summed E-state index contributed by atoms with van der Waals surface area (Å²) in [5.41, 5.74) is 8.41. The van der Waals surface area contributed by atoms with E-state index >= 15 is 0 Å². The van der Waals surface area contributed by atoms with Crippen LogP contribution in [0.4, 0.5) is 5.69 Å². The number of anilines is 1. The van der Waals surface area contributed by atoms with E-state index in [9.17, 15) is 4.79 Å². The second kappa shape index (κ2) is 6.17. The fourth-order valence-electron chi connectivity index (χ4n) is 2.17. The van der Waals surface area contributed by atoms with Crippen molar-refractivity contribution in [1.29, 1.82) is 0 Å². The molecule has 0 unspecified atom stereocenters. The topological polar surface area (TPSA) is 55.1 Å². The second-order valence-electron chi connectivity index (χ2n) is 4.76. The van der Waals surface area contributed by atoms with Gasteiger partial charge in [-0.1, -0.05) is 12.2 Å². The summed E-state index contributed by atoms with van der Waals surface area (Å²) in [7, 11) is 0. The van der Waals surface area contributed by atoms with Gasteiger partial charge in [0.15, 0.2) is 0 Å². The summed E-state index contributed by atoms with van der Waals surface area (Å²) in [5, 5.41) is 2.91. The molecule has 1 amide bonds. The number of aryl methyl sites for hydroxylation is 1. The highest BCUT2D eigenvalue weighted by atomic mass is 32.2. The number of fused-ring (bicyclic) bond motifs is 1. The Morgan fingerprint density at radius 2 is 2.05 bits per heavy atom. The molecule has 2 heterocycles. The maximum atomic E-state index is 12.3. The minimum absolute atomic E-state index is 0.0533. The SMILES string of the molecule is NC(=S)c1ccc(NC(=O)c2cc3c(s2)CCSC3)cc1. The molecule has 3 N–H and O–H groups in total. The number of benzene rings is 1. The molecule has 3 rings (SSSR count). The van der Waals surface area contributed by atoms with E-state index < -0.39 is 0 Å². The quantitative estimate of drug-likeness (QED) is 0.845. The number of thiocarbonyl (C=S) groups is 1. The van der Waals surface area contributed by atoms with Gasteiger partial charge in [0.25, 0.3) is 5.91 Å². The van der Waals surface area contributed by atoms with Gasteiger partial charge in [-0.25, -0.2) is 0 Å². The average molecular weight is 334 g/mol. The highest BCUT2D eigenvalue weighted by molar-refractivity contribution is 7.98. The predicted octanol–water partition coefficient (Wildman–Crippen LogP) is 3.42. The minimum Gasteiger partial charge on any atom is -0.389 e. The van der Waals surface area contributed by atoms with E-state index in [1.165, 1.54) is 10.4 Å². The number of nitrogens with one attached hydrogen (secondary N) is 1. The number of amides is 1. The number of thiophene rings is 1. The Kier molecular flexibility index (Phi) is 4.28. The number of hydrogen-bond acceptors (Lipinski definition) is 4. The third-order valence-electron chi connectivity index (χ3n) is 3.28. The van der Waals surface area contributed by atoms with Crippen molar-refractivity contribution in [3.63, 3.8) is 0 Å². The molecule has 0 spiro atoms. The number of rotatable bonds is 3. The van der Waals surface area contributed by atoms with Crippen LogP contribution in [0.25, 0.3) is 0 Å². The number of nitrogens with two attached hydrogens (primary N) is 1. The van der Waals surface area contributed by atoms with Crippen LogP contribution in [0.3, 0.4) is 0 Å². The first-order valence-electron chi connectivity index (χ1n) is 6.54. The Balaban J connectivity index is 1.73. The van der Waals surface area contributed by atoms with Crippen LogP contribution < -0.4 is 11.1 Å². The smallest absolute Gasteiger partial charge is 0.265 e. The Hall–Kier alpha value is -1.37. The van der Waals surface area contributed by atoms with Gasteiger partial charge in [0.1, 0.15) is 4.99 Å². The van der Waals surface area contributed by atoms with Crippen LogP contribution in [0, 0.1) is 0 Å². The van der Waals surface area contributed by atoms with Gasteiger partial charge in [-0.15, -0.1) is 11.3 Å². The van der Waals surface area contributed by atoms with Crippen LogP contribution in [0.5, 0.6) is 0 Å². The summed E-state index contributed by atoms with van der Waals surface area (Å²) in [5.74, 6) is 2.11. The number of carbonyl (C=O) groups excluding carboxylic acids is 1. The lowest BCUT2D eigenvalue weighted by Gasteiger charge is -2.08. The van der Waals surface area contributed by atoms with Gasteiger partial charge >= 0.3 is 0 Å². The van der Waals surface area contributed by atoms with Crippen LogP contribution >= 0.6 is 35.3 Å². The Morgan fingerprint density at radius 1 is 1.29 bits per heavy atom. The van der Waals surface area contributed by atoms with Crippen molar-refractivity contribution in [1.82, 2.24) is 0 Å². The van der Waals surface area contributed by atoms with Gasteiger partial charge < -0.3 is 11.1 Å². The van der Waals surface area contributed by atoms with Crippen LogP contribution in [0.1, 0.15) is 25.7 Å². The molecule has 0 fully saturated rings. The zero-order valence-corrected chi connectivity index (χ0v) is 13.7. The molecule has 1 aliphatic heterocycles. The monoisotopic (exact) mass is 334 g/mol. The third-order valence-corrected chi connectivity index (χ3v) is 5.76. The van der Waals surface area contributed by atoms with E-state index in [2.05, 4.69) is 5.32 Å². The summed E-state index contributed by atoms with van der Waals surface area (Å²) in [4.78, 5) is 14.8. The number of thioether (sulfide) groups is 1. The molecule has 1 aromatic carbocycles. The van der Waals surface area contributed by atoms with Crippen molar-refractivity contribution in [2.45, 2.75) is 12.2 Å². The lowest BCUT2D eigenvalue weighted by Crippen LogP contribution is -2.11. The molecule has 0 atom stereocenters. The minimum atomic E-state index is -0.0533. The van der Waals surface area contributed by atoms with Crippen LogP contribution in [0.15, 0.2) is 30.3 Å². The first kappa shape index (κ1) is 14.6. The molecule has 3 nitrogen and oxygen atoms in total. The van der Waals surface area contributed by atoms with E-state index in [0.29, 0.717) is 4.99 Å². The van der Waals surface area contributed by atoms with Gasteiger partial charge in [0.2, 0.25) is 0 Å². The van der Waals surface area contributed by atoms with Crippen molar-refractivity contribution in [2.24, 2.45) is 5.73 Å². The molecule has 0 radical (unpaired) electrons. The van der Waals surface area contributed by atoms with E-state index in [0.717, 1.165) is 34.1 Å². The molecule has 0 bridgehead atoms. The van der Waals surface area contributed by atoms with Crippen LogP contribution in [-0.4, -0.2) is 16.6 Å². The maximum absolute atomic E-state index is 12.3. The summed E-state index contributed by atoms with van der Waals surface area (Å²) >= 11 is 8.44. The third kappa shape index (κ3) is 3.28. The highest BCUT2D eigenvalue weighted by Gasteiger charge is 2.17. The van der Waals surface area contributed by atoms with Gasteiger partial charge in [-0.2, -0.15) is 11.8 Å². The summed E-state index contributed by atoms with van der Waals surface area (Å²) in [6.07, 6.45) is 1.07. The fourth-order valence-corrected chi connectivity index (χ4v) is 4.57. The molecular formula is C15H14N2OS3. The first-order chi connectivity index (χ1) is 10.1. The van der Waals surface area contributed by atoms with Crippen molar-refractivity contribution in [3.05, 3.63) is 51.2 Å². The molecule has 1 aliphatic rings. The fraction of sp³-hybridized carbons (Fsp3) is 0.200. The summed E-state index contributed by atoms with van der Waals surface area (Å²) in [6, 6.07) is 9.28. The first-order valence-corrected chi connectivity index (χ1v) is 8.92. The highest BCUT2D eigenvalue weighted by Crippen LogP contribution is 2.32. The van der Waals surface area contributed by atoms with Crippen molar-refractivity contribution >= 4 is 51.9 Å². The van der Waals surface area contributed by atoms with Crippen molar-refractivity contribution in [2.75, 3.05) is 11.1 Å². The van der Waals surface area contributed by atoms with E-state index in [1.807, 2.05) is 42.1 Å². The zero-order chi connectivity index (χ0) is 14.8. The lowest BCUT2D eigenvalue weighted by molar-refractivity contribution is 0.103. The van der Waals surface area contributed by atoms with E-state index in [-0.39, 0.29) is 5.91 Å². The Morgan fingerprint density at radius 3 is 2.71 bits per heavy atom. The van der Waals surface area contributed by atoms with Crippen molar-refractivity contribution < 1.29 is 4.79 Å². The zero-order valence-electron chi connectivity index (χ0n) is 11.2. The largest absolute Gasteiger partial charge is 0.389 e. The van der Waals surface area contributed by atoms with Gasteiger partial charge in [-0.3, -0.25) is 4.79 Å². The predicted molar refractivity (Wildman–Crippen MR) is 94.5 cm³/mol. The lowest BCUT2D eigenvalue weighted by atomic mass is 10.2. The van der Waals surface area contributed by atoms with Crippen molar-refractivity contribution in [3.8, 4) is 0 Å². The molecule has 108 valence electrons. The second-order valence-corrected chi connectivity index (χ2v) is 7.44. The Bertz CT molecular complexity index is 668. The molecule has 0 aliphatic carbocycles. The molecule has 0 saturated carbocycles. The van der Waals surface area contributed by atoms with Gasteiger partial charge in [0, 0.05) is 21.9 Å². The van der Waals surface area contributed by atoms with E-state index in [4.69, 9.17) is 18.0 Å². The molecular weight excluding hydrogens is 320 g/mol. The van der Waals surface area contributed by atoms with Gasteiger partial charge in [0.05, 0.1) is 4.88 Å². The number of hydrogen-bond donors (Lipinski definition) is 2. The maximum Gasteiger partial charge on any atom is 0.265 e. The van der Waals surface area contributed by atoms with Crippen LogP contribution in [0.2, 0.25) is 0 Å². The number of carbonyl (C=O) groups is 1. The normalized spacial score (nSPS) is 13.5. The Labute approximate surface area is 136 Å². The molecule has 21 heavy (non-hydrogen) atoms. The summed E-state index contributed by atoms with van der Waals surface area (Å²) < 4.78 is 0. The average Bonchev–Trinajstić information content (AvgIpc) is 2.92. The van der Waals surface area contributed by atoms with Crippen LogP contribution in [-0.2, 0) is 12.2 Å². The molecule has 0 saturated heterocycles. The van der Waals surface area contributed by atoms with E-state index in [1.54, 1.807) is 11.3 Å². The molecule has 2 aromatic rings. The van der Waals surface area contributed by atoms with Gasteiger partial charge in [-0.05, 0) is 48.1 Å². The summed E-state index contributed by atoms with van der Waals surface area (Å²) in [6.45, 7) is 0. The molecule has 1 aromatic heterocycles. The molecule has 6 heteroatoms.